The molecule has 0 N–H and O–H groups in total. The van der Waals surface area contributed by atoms with Crippen LogP contribution in [-0.2, 0) is 0 Å². The number of fused-ring (bicyclic) bond motifs is 12. The van der Waals surface area contributed by atoms with Gasteiger partial charge in [0.2, 0.25) is 0 Å². The third-order valence-corrected chi connectivity index (χ3v) is 12.1. The zero-order chi connectivity index (χ0) is 16.5. The monoisotopic (exact) mass is 326 g/mol. The molecule has 0 amide bonds. The van der Waals surface area contributed by atoms with E-state index in [4.69, 9.17) is 0 Å². The van der Waals surface area contributed by atoms with Gasteiger partial charge in [-0.3, -0.25) is 0 Å². The van der Waals surface area contributed by atoms with Crippen molar-refractivity contribution in [3.63, 3.8) is 0 Å². The average molecular weight is 327 g/mol. The summed E-state index contributed by atoms with van der Waals surface area (Å²) >= 11 is 0. The van der Waals surface area contributed by atoms with Gasteiger partial charge >= 0.3 is 0 Å². The second kappa shape index (κ2) is 4.28. The highest BCUT2D eigenvalue weighted by Gasteiger charge is 2.83. The Morgan fingerprint density at radius 3 is 2.21 bits per heavy atom. The first kappa shape index (κ1) is 15.1. The van der Waals surface area contributed by atoms with Crippen LogP contribution in [0.25, 0.3) is 0 Å². The predicted molar refractivity (Wildman–Crippen MR) is 99.5 cm³/mol. The summed E-state index contributed by atoms with van der Waals surface area (Å²) in [6.45, 7) is 10.8. The Morgan fingerprint density at radius 1 is 0.792 bits per heavy atom. The lowest BCUT2D eigenvalue weighted by Crippen LogP contribution is -2.69. The normalized spacial score (nSPS) is 69.0. The topological polar surface area (TPSA) is 0 Å². The summed E-state index contributed by atoms with van der Waals surface area (Å²) in [4.78, 5) is 0. The van der Waals surface area contributed by atoms with E-state index in [1.807, 2.05) is 0 Å². The van der Waals surface area contributed by atoms with E-state index in [1.54, 1.807) is 44.9 Å². The van der Waals surface area contributed by atoms with Gasteiger partial charge in [0.25, 0.3) is 0 Å². The molecule has 0 heteroatoms. The van der Waals surface area contributed by atoms with Crippen molar-refractivity contribution in [1.82, 2.24) is 0 Å². The van der Waals surface area contributed by atoms with E-state index in [0.717, 1.165) is 63.6 Å². The molecule has 6 aliphatic carbocycles. The van der Waals surface area contributed by atoms with Crippen molar-refractivity contribution in [2.75, 3.05) is 0 Å². The van der Waals surface area contributed by atoms with E-state index in [2.05, 4.69) is 27.7 Å². The Kier molecular flexibility index (Phi) is 2.69. The molecule has 24 heavy (non-hydrogen) atoms. The molecule has 6 aliphatic rings. The lowest BCUT2D eigenvalue weighted by atomic mass is 9.31. The van der Waals surface area contributed by atoms with Crippen LogP contribution in [0.2, 0.25) is 0 Å². The summed E-state index contributed by atoms with van der Waals surface area (Å²) in [6, 6.07) is 0. The van der Waals surface area contributed by atoms with Crippen molar-refractivity contribution < 1.29 is 0 Å². The van der Waals surface area contributed by atoms with Crippen molar-refractivity contribution in [3.8, 4) is 0 Å². The smallest absolute Gasteiger partial charge is 0.0204 e. The Bertz CT molecular complexity index is 579. The fraction of sp³-hybridized carbons (Fsp3) is 1.00. The SMILES string of the molecule is CCC1CCCC1C1(C)CC2CC1C1C2C2(C)C3CCC(C3)C12C. The van der Waals surface area contributed by atoms with E-state index in [-0.39, 0.29) is 0 Å². The van der Waals surface area contributed by atoms with Gasteiger partial charge in [0, 0.05) is 0 Å². The molecular weight excluding hydrogens is 288 g/mol. The van der Waals surface area contributed by atoms with Crippen LogP contribution in [0.5, 0.6) is 0 Å². The summed E-state index contributed by atoms with van der Waals surface area (Å²) < 4.78 is 0. The molecule has 0 saturated heterocycles. The van der Waals surface area contributed by atoms with Crippen LogP contribution in [0.15, 0.2) is 0 Å². The minimum Gasteiger partial charge on any atom is -0.0651 e. The molecule has 6 rings (SSSR count). The zero-order valence-corrected chi connectivity index (χ0v) is 16.5. The quantitative estimate of drug-likeness (QED) is 0.540. The van der Waals surface area contributed by atoms with Gasteiger partial charge in [0.15, 0.2) is 0 Å². The van der Waals surface area contributed by atoms with E-state index >= 15 is 0 Å². The van der Waals surface area contributed by atoms with Gasteiger partial charge in [-0.1, -0.05) is 47.0 Å². The highest BCUT2D eigenvalue weighted by molar-refractivity contribution is 5.31. The second-order valence-corrected chi connectivity index (χ2v) is 11.8. The maximum absolute atomic E-state index is 2.78. The van der Waals surface area contributed by atoms with Crippen molar-refractivity contribution in [2.24, 2.45) is 63.6 Å². The van der Waals surface area contributed by atoms with Crippen LogP contribution >= 0.6 is 0 Å². The molecule has 6 fully saturated rings. The van der Waals surface area contributed by atoms with E-state index in [9.17, 15) is 0 Å². The van der Waals surface area contributed by atoms with Gasteiger partial charge in [-0.25, -0.2) is 0 Å². The minimum atomic E-state index is 0.717. The zero-order valence-electron chi connectivity index (χ0n) is 16.5. The Balaban J connectivity index is 1.38. The standard InChI is InChI=1S/C24H38/c1-5-14-7-6-8-18(14)22(2)13-15-11-19(22)21-20(15)23(3)16-9-10-17(12-16)24(21,23)4/h14-21H,5-13H2,1-4H3. The Morgan fingerprint density at radius 2 is 1.50 bits per heavy atom. The fourth-order valence-corrected chi connectivity index (χ4v) is 11.4. The van der Waals surface area contributed by atoms with Crippen molar-refractivity contribution in [2.45, 2.75) is 85.5 Å². The molecule has 0 aromatic rings. The Labute approximate surface area is 149 Å². The minimum absolute atomic E-state index is 0.717. The van der Waals surface area contributed by atoms with E-state index in [0.29, 0.717) is 0 Å². The summed E-state index contributed by atoms with van der Waals surface area (Å²) in [5, 5.41) is 0. The average Bonchev–Trinajstić information content (AvgIpc) is 3.33. The van der Waals surface area contributed by atoms with Gasteiger partial charge in [-0.15, -0.1) is 0 Å². The van der Waals surface area contributed by atoms with Gasteiger partial charge in [0.05, 0.1) is 0 Å². The van der Waals surface area contributed by atoms with Gasteiger partial charge in [-0.05, 0) is 102 Å². The molecule has 0 aromatic heterocycles. The molecule has 11 atom stereocenters. The van der Waals surface area contributed by atoms with Crippen molar-refractivity contribution in [1.29, 1.82) is 0 Å². The molecule has 4 bridgehead atoms. The summed E-state index contributed by atoms with van der Waals surface area (Å²) in [5.74, 6) is 8.82. The Hall–Kier alpha value is 0. The predicted octanol–water partition coefficient (Wildman–Crippen LogP) is 6.55. The summed E-state index contributed by atoms with van der Waals surface area (Å²) in [7, 11) is 0. The van der Waals surface area contributed by atoms with Crippen LogP contribution in [0, 0.1) is 63.6 Å². The lowest BCUT2D eigenvalue weighted by molar-refractivity contribution is -0.262. The summed E-state index contributed by atoms with van der Waals surface area (Å²) in [6.07, 6.45) is 14.1. The third kappa shape index (κ3) is 1.28. The molecule has 0 nitrogen and oxygen atoms in total. The lowest BCUT2D eigenvalue weighted by Gasteiger charge is -2.73. The second-order valence-electron chi connectivity index (χ2n) is 11.8. The first-order chi connectivity index (χ1) is 11.5. The van der Waals surface area contributed by atoms with E-state index < -0.39 is 0 Å². The molecular formula is C24H38. The third-order valence-electron chi connectivity index (χ3n) is 12.1. The van der Waals surface area contributed by atoms with Gasteiger partial charge in [-0.2, -0.15) is 0 Å². The van der Waals surface area contributed by atoms with Crippen molar-refractivity contribution in [3.05, 3.63) is 0 Å². The van der Waals surface area contributed by atoms with E-state index in [1.165, 1.54) is 12.8 Å². The van der Waals surface area contributed by atoms with Crippen LogP contribution in [0.4, 0.5) is 0 Å². The first-order valence-corrected chi connectivity index (χ1v) is 11.5. The van der Waals surface area contributed by atoms with Crippen LogP contribution < -0.4 is 0 Å². The molecule has 11 unspecified atom stereocenters. The maximum Gasteiger partial charge on any atom is -0.0204 e. The summed E-state index contributed by atoms with van der Waals surface area (Å²) in [5.41, 5.74) is 2.21. The largest absolute Gasteiger partial charge is 0.0651 e. The van der Waals surface area contributed by atoms with Gasteiger partial charge in [0.1, 0.15) is 0 Å². The van der Waals surface area contributed by atoms with Crippen LogP contribution in [0.1, 0.15) is 85.5 Å². The molecule has 0 aromatic carbocycles. The molecule has 0 spiro atoms. The maximum atomic E-state index is 2.78. The van der Waals surface area contributed by atoms with Crippen molar-refractivity contribution >= 4 is 0 Å². The molecule has 134 valence electrons. The molecule has 0 heterocycles. The van der Waals surface area contributed by atoms with Gasteiger partial charge < -0.3 is 0 Å². The first-order valence-electron chi connectivity index (χ1n) is 11.5. The molecule has 6 saturated carbocycles. The highest BCUT2D eigenvalue weighted by Crippen LogP contribution is 2.89. The molecule has 0 radical (unpaired) electrons. The fourth-order valence-electron chi connectivity index (χ4n) is 11.4. The van der Waals surface area contributed by atoms with Crippen LogP contribution in [0.3, 0.4) is 0 Å². The van der Waals surface area contributed by atoms with Crippen LogP contribution in [-0.4, -0.2) is 0 Å². The number of hydrogen-bond acceptors (Lipinski definition) is 0. The number of hydrogen-bond donors (Lipinski definition) is 0. The molecule has 0 aliphatic heterocycles. The highest BCUT2D eigenvalue weighted by atomic mass is 14.9. The number of rotatable bonds is 2.